The molecule has 3 N–H and O–H groups in total. The van der Waals surface area contributed by atoms with Gasteiger partial charge in [-0.15, -0.1) is 0 Å². The molecule has 1 atom stereocenters. The number of alkyl halides is 1. The van der Waals surface area contributed by atoms with Gasteiger partial charge in [0.15, 0.2) is 11.3 Å². The predicted octanol–water partition coefficient (Wildman–Crippen LogP) is 3.99. The largest absolute Gasteiger partial charge is 0.384 e. The second-order valence-electron chi connectivity index (χ2n) is 11.2. The van der Waals surface area contributed by atoms with Gasteiger partial charge in [-0.05, 0) is 62.2 Å². The van der Waals surface area contributed by atoms with E-state index in [-0.39, 0.29) is 30.8 Å². The number of anilines is 1. The molecular weight excluding hydrogens is 507 g/mol. The highest BCUT2D eigenvalue weighted by atomic mass is 19.1. The van der Waals surface area contributed by atoms with E-state index in [9.17, 15) is 4.79 Å². The van der Waals surface area contributed by atoms with Crippen molar-refractivity contribution in [2.75, 3.05) is 31.9 Å². The molecule has 10 heteroatoms. The number of nitrogens with one attached hydrogen (secondary N) is 1. The van der Waals surface area contributed by atoms with Gasteiger partial charge >= 0.3 is 0 Å². The lowest BCUT2D eigenvalue weighted by atomic mass is 9.90. The van der Waals surface area contributed by atoms with Crippen LogP contribution in [0.2, 0.25) is 0 Å². The number of nitrogens with zero attached hydrogens (tertiary/aromatic N) is 6. The first-order valence-electron chi connectivity index (χ1n) is 14.2. The standard InChI is InChI=1S/C30H37FN8O/c1-21-18-22(19-26(32)35-21)20-37-16-10-30(31,11-17-37)29(40)38-14-8-23(9-15-38)39-27-25(7-5-13-34-27)36-28(39)24-6-3-2-4-12-33-24/h3-7,12-13,18-19,23-24,33H,2,8-11,14-17,20H2,1H3,(H2,32,35). The van der Waals surface area contributed by atoms with Gasteiger partial charge in [0.25, 0.3) is 5.91 Å². The van der Waals surface area contributed by atoms with Gasteiger partial charge in [-0.25, -0.2) is 19.3 Å². The number of likely N-dealkylation sites (tertiary alicyclic amines) is 2. The van der Waals surface area contributed by atoms with Crippen LogP contribution in [0.15, 0.2) is 54.9 Å². The van der Waals surface area contributed by atoms with E-state index in [0.717, 1.165) is 47.5 Å². The average Bonchev–Trinajstić information content (AvgIpc) is 3.12. The normalized spacial score (nSPS) is 21.9. The molecule has 6 rings (SSSR count). The second kappa shape index (κ2) is 11.0. The highest BCUT2D eigenvalue weighted by molar-refractivity contribution is 5.85. The van der Waals surface area contributed by atoms with E-state index in [4.69, 9.17) is 10.7 Å². The number of hydrogen-bond acceptors (Lipinski definition) is 7. The molecule has 2 saturated heterocycles. The Morgan fingerprint density at radius 2 is 1.95 bits per heavy atom. The maximum atomic E-state index is 16.0. The molecule has 3 aromatic rings. The fourth-order valence-corrected chi connectivity index (χ4v) is 6.28. The van der Waals surface area contributed by atoms with Crippen molar-refractivity contribution in [3.63, 3.8) is 0 Å². The zero-order valence-electron chi connectivity index (χ0n) is 23.0. The molecule has 0 radical (unpaired) electrons. The summed E-state index contributed by atoms with van der Waals surface area (Å²) >= 11 is 0. The molecule has 1 amide bonds. The number of piperidine rings is 2. The number of carbonyl (C=O) groups excluding carboxylic acids is 1. The zero-order valence-corrected chi connectivity index (χ0v) is 23.0. The number of carbonyl (C=O) groups is 1. The van der Waals surface area contributed by atoms with Crippen molar-refractivity contribution in [1.29, 1.82) is 0 Å². The van der Waals surface area contributed by atoms with Gasteiger partial charge in [0, 0.05) is 63.5 Å². The van der Waals surface area contributed by atoms with Crippen molar-refractivity contribution < 1.29 is 9.18 Å². The number of pyridine rings is 2. The lowest BCUT2D eigenvalue weighted by Gasteiger charge is -2.40. The van der Waals surface area contributed by atoms with Crippen molar-refractivity contribution >= 4 is 22.9 Å². The molecule has 6 heterocycles. The molecule has 210 valence electrons. The third kappa shape index (κ3) is 5.32. The Hall–Kier alpha value is -3.79. The molecule has 3 aliphatic heterocycles. The molecule has 0 aromatic carbocycles. The molecular formula is C30H37FN8O. The van der Waals surface area contributed by atoms with Gasteiger partial charge in [0.1, 0.15) is 23.2 Å². The number of aromatic nitrogens is 4. The van der Waals surface area contributed by atoms with E-state index >= 15 is 4.39 Å². The van der Waals surface area contributed by atoms with Crippen LogP contribution < -0.4 is 11.1 Å². The minimum atomic E-state index is -1.81. The maximum Gasteiger partial charge on any atom is 0.260 e. The summed E-state index contributed by atoms with van der Waals surface area (Å²) in [5.41, 5.74) is 7.73. The first kappa shape index (κ1) is 26.4. The van der Waals surface area contributed by atoms with Gasteiger partial charge in [0.05, 0.1) is 0 Å². The van der Waals surface area contributed by atoms with E-state index in [2.05, 4.69) is 43.0 Å². The molecule has 40 heavy (non-hydrogen) atoms. The van der Waals surface area contributed by atoms with Gasteiger partial charge in [0.2, 0.25) is 0 Å². The van der Waals surface area contributed by atoms with E-state index < -0.39 is 5.67 Å². The molecule has 3 aliphatic rings. The highest BCUT2D eigenvalue weighted by Crippen LogP contribution is 2.35. The average molecular weight is 545 g/mol. The monoisotopic (exact) mass is 544 g/mol. The molecule has 0 bridgehead atoms. The summed E-state index contributed by atoms with van der Waals surface area (Å²) in [6.45, 7) is 4.71. The lowest BCUT2D eigenvalue weighted by molar-refractivity contribution is -0.148. The van der Waals surface area contributed by atoms with E-state index in [0.29, 0.717) is 38.5 Å². The van der Waals surface area contributed by atoms with Crippen molar-refractivity contribution in [2.24, 2.45) is 0 Å². The number of halogens is 1. The van der Waals surface area contributed by atoms with Crippen LogP contribution in [0.4, 0.5) is 10.2 Å². The second-order valence-corrected chi connectivity index (χ2v) is 11.2. The number of imidazole rings is 1. The van der Waals surface area contributed by atoms with Gasteiger partial charge in [-0.3, -0.25) is 9.69 Å². The fraction of sp³-hybridized carbons (Fsp3) is 0.467. The smallest absolute Gasteiger partial charge is 0.260 e. The summed E-state index contributed by atoms with van der Waals surface area (Å²) in [5.74, 6) is 1.06. The van der Waals surface area contributed by atoms with Crippen LogP contribution in [-0.4, -0.2) is 67.1 Å². The van der Waals surface area contributed by atoms with Crippen LogP contribution in [0.3, 0.4) is 0 Å². The zero-order chi connectivity index (χ0) is 27.7. The fourth-order valence-electron chi connectivity index (χ4n) is 6.28. The Labute approximate surface area is 234 Å². The third-order valence-corrected chi connectivity index (χ3v) is 8.34. The summed E-state index contributed by atoms with van der Waals surface area (Å²) in [6, 6.07) is 7.84. The predicted molar refractivity (Wildman–Crippen MR) is 153 cm³/mol. The van der Waals surface area contributed by atoms with Crippen LogP contribution in [0.5, 0.6) is 0 Å². The Kier molecular flexibility index (Phi) is 7.27. The molecule has 0 aliphatic carbocycles. The molecule has 1 unspecified atom stereocenters. The maximum absolute atomic E-state index is 16.0. The number of amides is 1. The van der Waals surface area contributed by atoms with Crippen molar-refractivity contribution in [2.45, 2.75) is 63.3 Å². The third-order valence-electron chi connectivity index (χ3n) is 8.34. The number of nitrogens with two attached hydrogens (primary N) is 1. The summed E-state index contributed by atoms with van der Waals surface area (Å²) < 4.78 is 18.3. The summed E-state index contributed by atoms with van der Waals surface area (Å²) in [5, 5.41) is 3.43. The molecule has 3 aromatic heterocycles. The number of rotatable bonds is 5. The van der Waals surface area contributed by atoms with Crippen LogP contribution in [0, 0.1) is 6.92 Å². The minimum absolute atomic E-state index is 0.0561. The number of hydrogen-bond donors (Lipinski definition) is 2. The van der Waals surface area contributed by atoms with Crippen LogP contribution >= 0.6 is 0 Å². The van der Waals surface area contributed by atoms with E-state index in [1.165, 1.54) is 0 Å². The van der Waals surface area contributed by atoms with E-state index in [1.54, 1.807) is 11.1 Å². The van der Waals surface area contributed by atoms with Crippen LogP contribution in [0.1, 0.15) is 61.3 Å². The quantitative estimate of drug-likeness (QED) is 0.468. The van der Waals surface area contributed by atoms with E-state index in [1.807, 2.05) is 37.4 Å². The van der Waals surface area contributed by atoms with Crippen LogP contribution in [0.25, 0.3) is 11.2 Å². The van der Waals surface area contributed by atoms with Crippen molar-refractivity contribution in [3.8, 4) is 0 Å². The van der Waals surface area contributed by atoms with Crippen molar-refractivity contribution in [3.05, 3.63) is 72.0 Å². The minimum Gasteiger partial charge on any atom is -0.384 e. The molecule has 2 fully saturated rings. The number of allylic oxidation sites excluding steroid dienone is 2. The van der Waals surface area contributed by atoms with Gasteiger partial charge in [-0.2, -0.15) is 0 Å². The highest BCUT2D eigenvalue weighted by Gasteiger charge is 2.45. The number of fused-ring (bicyclic) bond motifs is 1. The summed E-state index contributed by atoms with van der Waals surface area (Å²) in [7, 11) is 0. The topological polar surface area (TPSA) is 105 Å². The first-order valence-corrected chi connectivity index (χ1v) is 14.2. The Morgan fingerprint density at radius 1 is 1.15 bits per heavy atom. The van der Waals surface area contributed by atoms with Crippen molar-refractivity contribution in [1.82, 2.24) is 34.6 Å². The molecule has 9 nitrogen and oxygen atoms in total. The van der Waals surface area contributed by atoms with Gasteiger partial charge in [-0.1, -0.05) is 18.2 Å². The Bertz CT molecular complexity index is 1410. The van der Waals surface area contributed by atoms with Crippen LogP contribution in [-0.2, 0) is 11.3 Å². The van der Waals surface area contributed by atoms with Gasteiger partial charge < -0.3 is 20.5 Å². The Morgan fingerprint density at radius 3 is 2.73 bits per heavy atom. The summed E-state index contributed by atoms with van der Waals surface area (Å²) in [6.07, 6.45) is 12.9. The molecule has 0 saturated carbocycles. The lowest BCUT2D eigenvalue weighted by Crippen LogP contribution is -2.54. The number of nitrogen functional groups attached to an aromatic ring is 1. The number of aryl methyl sites for hydroxylation is 1. The summed E-state index contributed by atoms with van der Waals surface area (Å²) in [4.78, 5) is 31.2. The first-order chi connectivity index (χ1) is 19.4. The molecule has 0 spiro atoms. The Balaban J connectivity index is 1.11. The SMILES string of the molecule is Cc1cc(CN2CCC(F)(C(=O)N3CCC(n4c(C5C=CCC=CN5)nc5cccnc54)CC3)CC2)cc(N)n1.